The predicted molar refractivity (Wildman–Crippen MR) is 77.1 cm³/mol. The molecule has 1 fully saturated rings. The highest BCUT2D eigenvalue weighted by atomic mass is 16.5. The molecule has 21 heavy (non-hydrogen) atoms. The Morgan fingerprint density at radius 1 is 1.38 bits per heavy atom. The topological polar surface area (TPSA) is 87.7 Å². The summed E-state index contributed by atoms with van der Waals surface area (Å²) in [5, 5.41) is 14.8. The van der Waals surface area contributed by atoms with Crippen molar-refractivity contribution in [1.82, 2.24) is 10.6 Å². The average molecular weight is 292 g/mol. The van der Waals surface area contributed by atoms with E-state index in [-0.39, 0.29) is 12.5 Å². The van der Waals surface area contributed by atoms with Crippen molar-refractivity contribution in [2.45, 2.75) is 31.3 Å². The maximum absolute atomic E-state index is 11.8. The Bertz CT molecular complexity index is 526. The molecule has 114 valence electrons. The zero-order chi connectivity index (χ0) is 15.3. The van der Waals surface area contributed by atoms with Gasteiger partial charge in [-0.05, 0) is 37.0 Å². The summed E-state index contributed by atoms with van der Waals surface area (Å²) in [7, 11) is 1.59. The molecular formula is C15H20N2O4. The molecule has 0 bridgehead atoms. The van der Waals surface area contributed by atoms with E-state index in [1.165, 1.54) is 0 Å². The fourth-order valence-electron chi connectivity index (χ4n) is 2.29. The molecule has 0 spiro atoms. The van der Waals surface area contributed by atoms with Crippen LogP contribution in [0.2, 0.25) is 0 Å². The number of carbonyl (C=O) groups is 2. The summed E-state index contributed by atoms with van der Waals surface area (Å²) in [6, 6.07) is 7.42. The number of carboxylic acids is 1. The minimum absolute atomic E-state index is 0.0102. The van der Waals surface area contributed by atoms with E-state index in [1.807, 2.05) is 24.3 Å². The van der Waals surface area contributed by atoms with Gasteiger partial charge in [0.1, 0.15) is 11.3 Å². The molecule has 3 N–H and O–H groups in total. The van der Waals surface area contributed by atoms with E-state index in [0.717, 1.165) is 17.7 Å². The van der Waals surface area contributed by atoms with Gasteiger partial charge in [0, 0.05) is 6.54 Å². The number of ether oxygens (including phenoxy) is 1. The number of rotatable bonds is 7. The quantitative estimate of drug-likeness (QED) is 0.695. The first-order valence-corrected chi connectivity index (χ1v) is 6.94. The minimum atomic E-state index is -0.909. The standard InChI is InChI=1S/C15H20N2O4/c1-21-12-5-2-4-11(8-12)9-16-13(18)10-17-15(14(19)20)6-3-7-15/h2,4-5,8,17H,3,6-7,9-10H2,1H3,(H,16,18)(H,19,20). The van der Waals surface area contributed by atoms with Gasteiger partial charge in [-0.2, -0.15) is 0 Å². The second-order valence-corrected chi connectivity index (χ2v) is 5.22. The van der Waals surface area contributed by atoms with Crippen LogP contribution in [0.1, 0.15) is 24.8 Å². The van der Waals surface area contributed by atoms with Crippen molar-refractivity contribution in [1.29, 1.82) is 0 Å². The van der Waals surface area contributed by atoms with Gasteiger partial charge in [-0.25, -0.2) is 0 Å². The normalized spacial score (nSPS) is 15.9. The highest BCUT2D eigenvalue weighted by Crippen LogP contribution is 2.31. The van der Waals surface area contributed by atoms with Gasteiger partial charge in [-0.1, -0.05) is 12.1 Å². The van der Waals surface area contributed by atoms with E-state index in [9.17, 15) is 9.59 Å². The molecule has 0 aliphatic heterocycles. The summed E-state index contributed by atoms with van der Waals surface area (Å²) in [6.45, 7) is 0.397. The lowest BCUT2D eigenvalue weighted by molar-refractivity contribution is -0.149. The van der Waals surface area contributed by atoms with Gasteiger partial charge in [-0.15, -0.1) is 0 Å². The first-order chi connectivity index (χ1) is 10.1. The highest BCUT2D eigenvalue weighted by molar-refractivity contribution is 5.83. The Labute approximate surface area is 123 Å². The Morgan fingerprint density at radius 2 is 2.14 bits per heavy atom. The molecule has 1 amide bonds. The number of nitrogens with one attached hydrogen (secondary N) is 2. The molecule has 0 unspecified atom stereocenters. The molecule has 0 radical (unpaired) electrons. The Kier molecular flexibility index (Phi) is 4.80. The molecule has 0 aromatic heterocycles. The number of benzene rings is 1. The van der Waals surface area contributed by atoms with Gasteiger partial charge in [0.05, 0.1) is 13.7 Å². The number of methoxy groups -OCH3 is 1. The molecule has 6 nitrogen and oxygen atoms in total. The lowest BCUT2D eigenvalue weighted by Gasteiger charge is -2.38. The molecule has 1 aromatic carbocycles. The molecule has 6 heteroatoms. The van der Waals surface area contributed by atoms with Crippen LogP contribution < -0.4 is 15.4 Å². The Hall–Kier alpha value is -2.08. The number of aliphatic carboxylic acids is 1. The molecule has 1 aliphatic carbocycles. The molecule has 1 aromatic rings. The fraction of sp³-hybridized carbons (Fsp3) is 0.467. The monoisotopic (exact) mass is 292 g/mol. The molecule has 1 aliphatic rings. The predicted octanol–water partition coefficient (Wildman–Crippen LogP) is 0.908. The summed E-state index contributed by atoms with van der Waals surface area (Å²) in [5.41, 5.74) is 0.0205. The fourth-order valence-corrected chi connectivity index (χ4v) is 2.29. The van der Waals surface area contributed by atoms with Crippen LogP contribution >= 0.6 is 0 Å². The molecule has 2 rings (SSSR count). The molecule has 1 saturated carbocycles. The maximum atomic E-state index is 11.8. The van der Waals surface area contributed by atoms with E-state index >= 15 is 0 Å². The number of hydrogen-bond acceptors (Lipinski definition) is 4. The van der Waals surface area contributed by atoms with Crippen LogP contribution in [0.3, 0.4) is 0 Å². The van der Waals surface area contributed by atoms with E-state index in [2.05, 4.69) is 10.6 Å². The molecule has 0 atom stereocenters. The van der Waals surface area contributed by atoms with Gasteiger partial charge in [0.2, 0.25) is 5.91 Å². The molecule has 0 heterocycles. The third-order valence-electron chi connectivity index (χ3n) is 3.83. The van der Waals surface area contributed by atoms with Crippen molar-refractivity contribution < 1.29 is 19.4 Å². The van der Waals surface area contributed by atoms with Crippen LogP contribution in [0.25, 0.3) is 0 Å². The zero-order valence-corrected chi connectivity index (χ0v) is 12.0. The Balaban J connectivity index is 1.78. The van der Waals surface area contributed by atoms with E-state index in [0.29, 0.717) is 19.4 Å². The summed E-state index contributed by atoms with van der Waals surface area (Å²) in [5.74, 6) is -0.362. The van der Waals surface area contributed by atoms with Crippen LogP contribution in [-0.4, -0.2) is 36.2 Å². The van der Waals surface area contributed by atoms with Gasteiger partial charge < -0.3 is 15.2 Å². The van der Waals surface area contributed by atoms with Gasteiger partial charge in [0.15, 0.2) is 0 Å². The largest absolute Gasteiger partial charge is 0.497 e. The number of hydrogen-bond donors (Lipinski definition) is 3. The van der Waals surface area contributed by atoms with Crippen LogP contribution in [0.15, 0.2) is 24.3 Å². The maximum Gasteiger partial charge on any atom is 0.323 e. The molecule has 0 saturated heterocycles. The summed E-state index contributed by atoms with van der Waals surface area (Å²) >= 11 is 0. The third-order valence-corrected chi connectivity index (χ3v) is 3.83. The van der Waals surface area contributed by atoms with E-state index in [4.69, 9.17) is 9.84 Å². The SMILES string of the molecule is COc1cccc(CNC(=O)CNC2(C(=O)O)CCC2)c1. The van der Waals surface area contributed by atoms with Gasteiger partial charge >= 0.3 is 5.97 Å². The summed E-state index contributed by atoms with van der Waals surface area (Å²) in [6.07, 6.45) is 2.03. The van der Waals surface area contributed by atoms with E-state index in [1.54, 1.807) is 7.11 Å². The zero-order valence-electron chi connectivity index (χ0n) is 12.0. The van der Waals surface area contributed by atoms with Crippen molar-refractivity contribution in [3.63, 3.8) is 0 Å². The first kappa shape index (κ1) is 15.3. The average Bonchev–Trinajstić information content (AvgIpc) is 2.44. The van der Waals surface area contributed by atoms with Gasteiger partial charge in [0.25, 0.3) is 0 Å². The van der Waals surface area contributed by atoms with Crippen LogP contribution in [0.4, 0.5) is 0 Å². The number of carbonyl (C=O) groups excluding carboxylic acids is 1. The van der Waals surface area contributed by atoms with Crippen molar-refractivity contribution >= 4 is 11.9 Å². The Morgan fingerprint density at radius 3 is 2.71 bits per heavy atom. The lowest BCUT2D eigenvalue weighted by atomic mass is 9.77. The first-order valence-electron chi connectivity index (χ1n) is 6.94. The van der Waals surface area contributed by atoms with Crippen molar-refractivity contribution in [3.05, 3.63) is 29.8 Å². The number of carboxylic acid groups (broad SMARTS) is 1. The van der Waals surface area contributed by atoms with E-state index < -0.39 is 11.5 Å². The van der Waals surface area contributed by atoms with Crippen LogP contribution in [0.5, 0.6) is 5.75 Å². The third kappa shape index (κ3) is 3.72. The van der Waals surface area contributed by atoms with Gasteiger partial charge in [-0.3, -0.25) is 14.9 Å². The van der Waals surface area contributed by atoms with Crippen molar-refractivity contribution in [3.8, 4) is 5.75 Å². The summed E-state index contributed by atoms with van der Waals surface area (Å²) < 4.78 is 5.11. The minimum Gasteiger partial charge on any atom is -0.497 e. The second kappa shape index (κ2) is 6.58. The van der Waals surface area contributed by atoms with Crippen molar-refractivity contribution in [2.24, 2.45) is 0 Å². The lowest BCUT2D eigenvalue weighted by Crippen LogP contribution is -2.59. The molecular weight excluding hydrogens is 272 g/mol. The van der Waals surface area contributed by atoms with Crippen molar-refractivity contribution in [2.75, 3.05) is 13.7 Å². The number of amides is 1. The van der Waals surface area contributed by atoms with Crippen LogP contribution in [0, 0.1) is 0 Å². The van der Waals surface area contributed by atoms with Crippen LogP contribution in [-0.2, 0) is 16.1 Å². The summed E-state index contributed by atoms with van der Waals surface area (Å²) in [4.78, 5) is 22.9. The second-order valence-electron chi connectivity index (χ2n) is 5.22. The smallest absolute Gasteiger partial charge is 0.323 e. The highest BCUT2D eigenvalue weighted by Gasteiger charge is 2.44.